The van der Waals surface area contributed by atoms with E-state index in [1.165, 1.54) is 12.1 Å². The van der Waals surface area contributed by atoms with E-state index in [1.54, 1.807) is 12.1 Å². The van der Waals surface area contributed by atoms with Crippen LogP contribution in [-0.2, 0) is 11.3 Å². The van der Waals surface area contributed by atoms with Gasteiger partial charge < -0.3 is 19.5 Å². The molecule has 3 aromatic rings. The third-order valence-corrected chi connectivity index (χ3v) is 5.78. The van der Waals surface area contributed by atoms with Crippen LogP contribution in [0.4, 0.5) is 4.39 Å². The van der Waals surface area contributed by atoms with Crippen LogP contribution < -0.4 is 14.8 Å². The van der Waals surface area contributed by atoms with Gasteiger partial charge in [0.1, 0.15) is 5.82 Å². The van der Waals surface area contributed by atoms with E-state index in [9.17, 15) is 4.39 Å². The van der Waals surface area contributed by atoms with Crippen molar-refractivity contribution in [1.82, 2.24) is 10.3 Å². The molecule has 30 heavy (non-hydrogen) atoms. The van der Waals surface area contributed by atoms with Crippen LogP contribution in [0, 0.1) is 5.82 Å². The lowest BCUT2D eigenvalue weighted by atomic mass is 9.93. The fourth-order valence-electron chi connectivity index (χ4n) is 4.26. The highest BCUT2D eigenvalue weighted by molar-refractivity contribution is 5.86. The first kappa shape index (κ1) is 19.3. The van der Waals surface area contributed by atoms with E-state index in [1.807, 2.05) is 12.1 Å². The minimum absolute atomic E-state index is 0.116. The number of nitrogens with zero attached hydrogens (tertiary/aromatic N) is 1. The first-order valence-corrected chi connectivity index (χ1v) is 10.3. The topological polar surface area (TPSA) is 52.6 Å². The number of aromatic nitrogens is 1. The Balaban J connectivity index is 1.51. The first-order valence-electron chi connectivity index (χ1n) is 10.3. The number of rotatable bonds is 4. The van der Waals surface area contributed by atoms with E-state index in [0.717, 1.165) is 52.9 Å². The number of hydrogen-bond donors (Lipinski definition) is 1. The molecule has 2 aliphatic rings. The number of hydrogen-bond acceptors (Lipinski definition) is 5. The summed E-state index contributed by atoms with van der Waals surface area (Å²) in [6.45, 7) is 5.92. The average molecular weight is 408 g/mol. The molecule has 5 rings (SSSR count). The van der Waals surface area contributed by atoms with Gasteiger partial charge in [-0.25, -0.2) is 9.37 Å². The van der Waals surface area contributed by atoms with Crippen LogP contribution in [0.2, 0.25) is 0 Å². The second-order valence-electron chi connectivity index (χ2n) is 8.58. The standard InChI is InChI=1S/C24H25FN2O3/c1-24(2)12-19(7-8-30-24)26-13-17-9-16-10-21-22(29-14-28-21)11-20(16)27-23(17)15-3-5-18(25)6-4-15/h3-6,9-11,19,26H,7-8,12-14H2,1-2H3/t19-/m1/s1. The summed E-state index contributed by atoms with van der Waals surface area (Å²) in [6.07, 6.45) is 1.94. The van der Waals surface area contributed by atoms with Crippen LogP contribution in [0.3, 0.4) is 0 Å². The van der Waals surface area contributed by atoms with E-state index < -0.39 is 0 Å². The zero-order valence-corrected chi connectivity index (χ0v) is 17.2. The molecule has 5 nitrogen and oxygen atoms in total. The van der Waals surface area contributed by atoms with Crippen molar-refractivity contribution >= 4 is 10.9 Å². The summed E-state index contributed by atoms with van der Waals surface area (Å²) in [7, 11) is 0. The van der Waals surface area contributed by atoms with E-state index in [-0.39, 0.29) is 18.2 Å². The Morgan fingerprint density at radius 2 is 1.87 bits per heavy atom. The minimum Gasteiger partial charge on any atom is -0.454 e. The first-order chi connectivity index (χ1) is 14.5. The van der Waals surface area contributed by atoms with Crippen molar-refractivity contribution in [2.45, 2.75) is 44.9 Å². The molecule has 3 heterocycles. The number of fused-ring (bicyclic) bond motifs is 2. The Kier molecular flexibility index (Phi) is 4.83. The van der Waals surface area contributed by atoms with Gasteiger partial charge in [-0.15, -0.1) is 0 Å². The third-order valence-electron chi connectivity index (χ3n) is 5.78. The Morgan fingerprint density at radius 1 is 1.10 bits per heavy atom. The van der Waals surface area contributed by atoms with Crippen LogP contribution in [0.1, 0.15) is 32.3 Å². The normalized spacial score (nSPS) is 19.9. The monoisotopic (exact) mass is 408 g/mol. The molecule has 0 unspecified atom stereocenters. The molecule has 1 N–H and O–H groups in total. The fourth-order valence-corrected chi connectivity index (χ4v) is 4.26. The fraction of sp³-hybridized carbons (Fsp3) is 0.375. The maximum absolute atomic E-state index is 13.5. The lowest BCUT2D eigenvalue weighted by Crippen LogP contribution is -2.43. The number of halogens is 1. The summed E-state index contributed by atoms with van der Waals surface area (Å²) in [6, 6.07) is 12.9. The van der Waals surface area contributed by atoms with Crippen molar-refractivity contribution in [2.75, 3.05) is 13.4 Å². The van der Waals surface area contributed by atoms with Gasteiger partial charge in [0.2, 0.25) is 6.79 Å². The third kappa shape index (κ3) is 3.85. The SMILES string of the molecule is CC1(C)C[C@H](NCc2cc3cc4c(cc3nc2-c2ccc(F)cc2)OCO4)CCO1. The molecular formula is C24H25FN2O3. The van der Waals surface area contributed by atoms with Gasteiger partial charge in [0.25, 0.3) is 0 Å². The molecule has 0 saturated carbocycles. The average Bonchev–Trinajstić information content (AvgIpc) is 3.17. The molecule has 0 bridgehead atoms. The van der Waals surface area contributed by atoms with Crippen LogP contribution in [0.5, 0.6) is 11.5 Å². The van der Waals surface area contributed by atoms with E-state index in [2.05, 4.69) is 25.2 Å². The van der Waals surface area contributed by atoms with Gasteiger partial charge in [0.15, 0.2) is 11.5 Å². The molecule has 156 valence electrons. The highest BCUT2D eigenvalue weighted by Crippen LogP contribution is 2.37. The zero-order valence-electron chi connectivity index (χ0n) is 17.2. The lowest BCUT2D eigenvalue weighted by Gasteiger charge is -2.36. The summed E-state index contributed by atoms with van der Waals surface area (Å²) in [4.78, 5) is 4.92. The summed E-state index contributed by atoms with van der Waals surface area (Å²) in [5.41, 5.74) is 3.52. The molecule has 0 spiro atoms. The Morgan fingerprint density at radius 3 is 2.63 bits per heavy atom. The van der Waals surface area contributed by atoms with Crippen LogP contribution in [-0.4, -0.2) is 30.0 Å². The molecule has 1 fully saturated rings. The highest BCUT2D eigenvalue weighted by Gasteiger charge is 2.28. The Bertz CT molecular complexity index is 1080. The van der Waals surface area contributed by atoms with E-state index >= 15 is 0 Å². The highest BCUT2D eigenvalue weighted by atomic mass is 19.1. The molecule has 1 aromatic heterocycles. The largest absolute Gasteiger partial charge is 0.454 e. The molecule has 1 atom stereocenters. The van der Waals surface area contributed by atoms with Gasteiger partial charge in [0.05, 0.1) is 16.8 Å². The van der Waals surface area contributed by atoms with Crippen molar-refractivity contribution < 1.29 is 18.6 Å². The van der Waals surface area contributed by atoms with Crippen LogP contribution in [0.15, 0.2) is 42.5 Å². The summed E-state index contributed by atoms with van der Waals surface area (Å²) >= 11 is 0. The zero-order chi connectivity index (χ0) is 20.7. The van der Waals surface area contributed by atoms with E-state index in [4.69, 9.17) is 19.2 Å². The van der Waals surface area contributed by atoms with Gasteiger partial charge in [-0.2, -0.15) is 0 Å². The molecule has 2 aromatic carbocycles. The van der Waals surface area contributed by atoms with Gasteiger partial charge in [-0.3, -0.25) is 0 Å². The Hall–Kier alpha value is -2.70. The predicted octanol–water partition coefficient (Wildman–Crippen LogP) is 4.82. The second-order valence-corrected chi connectivity index (χ2v) is 8.58. The molecule has 0 radical (unpaired) electrons. The van der Waals surface area contributed by atoms with Crippen molar-refractivity contribution in [2.24, 2.45) is 0 Å². The quantitative estimate of drug-likeness (QED) is 0.671. The van der Waals surface area contributed by atoms with Crippen molar-refractivity contribution in [3.63, 3.8) is 0 Å². The summed E-state index contributed by atoms with van der Waals surface area (Å²) in [5.74, 6) is 1.19. The van der Waals surface area contributed by atoms with Gasteiger partial charge in [-0.1, -0.05) is 0 Å². The summed E-state index contributed by atoms with van der Waals surface area (Å²) in [5, 5.41) is 4.68. The maximum Gasteiger partial charge on any atom is 0.231 e. The van der Waals surface area contributed by atoms with Crippen LogP contribution >= 0.6 is 0 Å². The number of ether oxygens (including phenoxy) is 3. The van der Waals surface area contributed by atoms with E-state index in [0.29, 0.717) is 18.3 Å². The molecule has 1 saturated heterocycles. The molecular weight excluding hydrogens is 383 g/mol. The number of benzene rings is 2. The maximum atomic E-state index is 13.5. The van der Waals surface area contributed by atoms with Crippen LogP contribution in [0.25, 0.3) is 22.2 Å². The molecule has 0 aliphatic carbocycles. The molecule has 0 amide bonds. The van der Waals surface area contributed by atoms with Gasteiger partial charge >= 0.3 is 0 Å². The summed E-state index contributed by atoms with van der Waals surface area (Å²) < 4.78 is 30.4. The predicted molar refractivity (Wildman–Crippen MR) is 113 cm³/mol. The van der Waals surface area contributed by atoms with Crippen molar-refractivity contribution in [1.29, 1.82) is 0 Å². The molecule has 6 heteroatoms. The van der Waals surface area contributed by atoms with Gasteiger partial charge in [0, 0.05) is 36.2 Å². The van der Waals surface area contributed by atoms with Crippen molar-refractivity contribution in [3.8, 4) is 22.8 Å². The number of pyridine rings is 1. The Labute approximate surface area is 175 Å². The lowest BCUT2D eigenvalue weighted by molar-refractivity contribution is -0.0630. The van der Waals surface area contributed by atoms with Crippen molar-refractivity contribution in [3.05, 3.63) is 53.8 Å². The number of nitrogens with one attached hydrogen (secondary N) is 1. The molecule has 2 aliphatic heterocycles. The minimum atomic E-state index is -0.257. The van der Waals surface area contributed by atoms with Gasteiger partial charge in [-0.05, 0) is 68.7 Å². The second kappa shape index (κ2) is 7.52. The smallest absolute Gasteiger partial charge is 0.231 e.